The average Bonchev–Trinajstić information content (AvgIpc) is 2.71. The summed E-state index contributed by atoms with van der Waals surface area (Å²) in [6, 6.07) is 5.50. The smallest absolute Gasteiger partial charge is 0.322 e. The number of hydrogen-bond donors (Lipinski definition) is 1. The first kappa shape index (κ1) is 9.33. The maximum atomic E-state index is 11.7. The Morgan fingerprint density at radius 1 is 1.56 bits per heavy atom. The van der Waals surface area contributed by atoms with Crippen molar-refractivity contribution in [3.63, 3.8) is 0 Å². The van der Waals surface area contributed by atoms with E-state index in [-0.39, 0.29) is 12.1 Å². The number of hydrogen-bond acceptors (Lipinski definition) is 3. The highest BCUT2D eigenvalue weighted by molar-refractivity contribution is 5.97. The van der Waals surface area contributed by atoms with Crippen LogP contribution in [0.3, 0.4) is 0 Å². The zero-order chi connectivity index (χ0) is 11.1. The average molecular weight is 220 g/mol. The van der Waals surface area contributed by atoms with Crippen LogP contribution in [0.1, 0.15) is 0 Å². The zero-order valence-electron chi connectivity index (χ0n) is 8.90. The van der Waals surface area contributed by atoms with E-state index in [1.807, 2.05) is 18.2 Å². The van der Waals surface area contributed by atoms with Crippen molar-refractivity contribution < 1.29 is 14.3 Å². The van der Waals surface area contributed by atoms with Gasteiger partial charge < -0.3 is 14.8 Å². The standard InChI is InChI=1S/C11H12N2O3/c1-15-8-2-3-10-9(4-8)13-7(6-16-10)5-12-11(13)14/h2-4,7H,5-6H2,1H3,(H,12,14). The molecule has 5 heteroatoms. The molecule has 0 aliphatic carbocycles. The Hall–Kier alpha value is -1.91. The Morgan fingerprint density at radius 2 is 2.44 bits per heavy atom. The molecular weight excluding hydrogens is 208 g/mol. The van der Waals surface area contributed by atoms with Crippen LogP contribution in [-0.4, -0.2) is 32.3 Å². The third kappa shape index (κ3) is 1.21. The lowest BCUT2D eigenvalue weighted by Gasteiger charge is -2.30. The third-order valence-corrected chi connectivity index (χ3v) is 2.93. The van der Waals surface area contributed by atoms with E-state index in [0.717, 1.165) is 17.2 Å². The fourth-order valence-corrected chi connectivity index (χ4v) is 2.11. The van der Waals surface area contributed by atoms with E-state index in [1.165, 1.54) is 0 Å². The molecule has 2 amide bonds. The lowest BCUT2D eigenvalue weighted by atomic mass is 10.2. The van der Waals surface area contributed by atoms with Gasteiger partial charge in [-0.15, -0.1) is 0 Å². The van der Waals surface area contributed by atoms with Crippen molar-refractivity contribution in [3.8, 4) is 11.5 Å². The molecule has 0 spiro atoms. The van der Waals surface area contributed by atoms with E-state index in [4.69, 9.17) is 9.47 Å². The predicted octanol–water partition coefficient (Wildman–Crippen LogP) is 0.986. The SMILES string of the molecule is COc1ccc2c(c1)N1C(=O)NCC1CO2. The van der Waals surface area contributed by atoms with Crippen LogP contribution in [0.5, 0.6) is 11.5 Å². The second-order valence-electron chi connectivity index (χ2n) is 3.85. The molecule has 1 saturated heterocycles. The molecule has 16 heavy (non-hydrogen) atoms. The molecule has 1 aromatic rings. The highest BCUT2D eigenvalue weighted by atomic mass is 16.5. The van der Waals surface area contributed by atoms with Crippen LogP contribution in [-0.2, 0) is 0 Å². The first-order chi connectivity index (χ1) is 7.79. The van der Waals surface area contributed by atoms with Crippen LogP contribution in [0, 0.1) is 0 Å². The number of nitrogens with zero attached hydrogens (tertiary/aromatic N) is 1. The number of methoxy groups -OCH3 is 1. The van der Waals surface area contributed by atoms with Crippen LogP contribution < -0.4 is 19.7 Å². The van der Waals surface area contributed by atoms with E-state index in [1.54, 1.807) is 12.0 Å². The van der Waals surface area contributed by atoms with Crippen LogP contribution >= 0.6 is 0 Å². The molecular formula is C11H12N2O3. The number of rotatable bonds is 1. The van der Waals surface area contributed by atoms with Gasteiger partial charge in [-0.2, -0.15) is 0 Å². The molecule has 5 nitrogen and oxygen atoms in total. The van der Waals surface area contributed by atoms with Gasteiger partial charge in [0.1, 0.15) is 18.1 Å². The molecule has 3 rings (SSSR count). The minimum absolute atomic E-state index is 0.0668. The molecule has 2 heterocycles. The number of benzene rings is 1. The van der Waals surface area contributed by atoms with Crippen LogP contribution in [0.15, 0.2) is 18.2 Å². The molecule has 2 aliphatic heterocycles. The maximum Gasteiger partial charge on any atom is 0.322 e. The van der Waals surface area contributed by atoms with E-state index in [9.17, 15) is 4.79 Å². The number of nitrogens with one attached hydrogen (secondary N) is 1. The maximum absolute atomic E-state index is 11.7. The van der Waals surface area contributed by atoms with Gasteiger partial charge in [0.05, 0.1) is 18.8 Å². The lowest BCUT2D eigenvalue weighted by Crippen LogP contribution is -2.41. The number of carbonyl (C=O) groups excluding carboxylic acids is 1. The quantitative estimate of drug-likeness (QED) is 0.767. The molecule has 1 atom stereocenters. The van der Waals surface area contributed by atoms with E-state index in [0.29, 0.717) is 13.2 Å². The van der Waals surface area contributed by atoms with E-state index in [2.05, 4.69) is 5.32 Å². The van der Waals surface area contributed by atoms with Gasteiger partial charge in [-0.1, -0.05) is 0 Å². The first-order valence-electron chi connectivity index (χ1n) is 5.17. The van der Waals surface area contributed by atoms with Crippen molar-refractivity contribution in [3.05, 3.63) is 18.2 Å². The molecule has 0 bridgehead atoms. The fraction of sp³-hybridized carbons (Fsp3) is 0.364. The zero-order valence-corrected chi connectivity index (χ0v) is 8.90. The van der Waals surface area contributed by atoms with Crippen molar-refractivity contribution in [1.29, 1.82) is 0 Å². The number of amides is 2. The van der Waals surface area contributed by atoms with Crippen LogP contribution in [0.4, 0.5) is 10.5 Å². The molecule has 1 aromatic carbocycles. The first-order valence-corrected chi connectivity index (χ1v) is 5.17. The lowest BCUT2D eigenvalue weighted by molar-refractivity contribution is 0.245. The van der Waals surface area contributed by atoms with Crippen molar-refractivity contribution in [2.24, 2.45) is 0 Å². The van der Waals surface area contributed by atoms with Gasteiger partial charge in [-0.25, -0.2) is 4.79 Å². The van der Waals surface area contributed by atoms with Crippen molar-refractivity contribution in [1.82, 2.24) is 5.32 Å². The van der Waals surface area contributed by atoms with Gasteiger partial charge in [0.2, 0.25) is 0 Å². The summed E-state index contributed by atoms with van der Waals surface area (Å²) in [6.45, 7) is 1.17. The summed E-state index contributed by atoms with van der Waals surface area (Å²) < 4.78 is 10.7. The number of ether oxygens (including phenoxy) is 2. The van der Waals surface area contributed by atoms with Crippen LogP contribution in [0.25, 0.3) is 0 Å². The topological polar surface area (TPSA) is 50.8 Å². The molecule has 1 N–H and O–H groups in total. The molecule has 1 unspecified atom stereocenters. The normalized spacial score (nSPS) is 21.9. The highest BCUT2D eigenvalue weighted by Gasteiger charge is 2.37. The van der Waals surface area contributed by atoms with Crippen molar-refractivity contribution >= 4 is 11.7 Å². The second-order valence-corrected chi connectivity index (χ2v) is 3.85. The summed E-state index contributed by atoms with van der Waals surface area (Å²) in [7, 11) is 1.60. The summed E-state index contributed by atoms with van der Waals surface area (Å²) in [6.07, 6.45) is 0. The number of urea groups is 1. The van der Waals surface area contributed by atoms with Crippen molar-refractivity contribution in [2.45, 2.75) is 6.04 Å². The number of carbonyl (C=O) groups is 1. The summed E-state index contributed by atoms with van der Waals surface area (Å²) >= 11 is 0. The second kappa shape index (κ2) is 3.30. The molecule has 0 aromatic heterocycles. The highest BCUT2D eigenvalue weighted by Crippen LogP contribution is 2.37. The Kier molecular flexibility index (Phi) is 1.92. The van der Waals surface area contributed by atoms with Gasteiger partial charge in [-0.05, 0) is 12.1 Å². The molecule has 2 aliphatic rings. The molecule has 1 fully saturated rings. The third-order valence-electron chi connectivity index (χ3n) is 2.93. The van der Waals surface area contributed by atoms with Gasteiger partial charge in [-0.3, -0.25) is 4.90 Å². The molecule has 84 valence electrons. The Labute approximate surface area is 92.9 Å². The Bertz CT molecular complexity index is 447. The summed E-state index contributed by atoms with van der Waals surface area (Å²) in [4.78, 5) is 13.4. The van der Waals surface area contributed by atoms with E-state index < -0.39 is 0 Å². The van der Waals surface area contributed by atoms with E-state index >= 15 is 0 Å². The summed E-state index contributed by atoms with van der Waals surface area (Å²) in [5.74, 6) is 1.46. The van der Waals surface area contributed by atoms with Gasteiger partial charge in [0.25, 0.3) is 0 Å². The van der Waals surface area contributed by atoms with Gasteiger partial charge >= 0.3 is 6.03 Å². The number of fused-ring (bicyclic) bond motifs is 3. The fourth-order valence-electron chi connectivity index (χ4n) is 2.11. The van der Waals surface area contributed by atoms with Gasteiger partial charge in [0, 0.05) is 12.6 Å². The minimum Gasteiger partial charge on any atom is -0.497 e. The predicted molar refractivity (Wildman–Crippen MR) is 58.2 cm³/mol. The molecule has 0 radical (unpaired) electrons. The van der Waals surface area contributed by atoms with Crippen molar-refractivity contribution in [2.75, 3.05) is 25.2 Å². The minimum atomic E-state index is -0.0668. The number of anilines is 1. The van der Waals surface area contributed by atoms with Gasteiger partial charge in [0.15, 0.2) is 0 Å². The molecule has 0 saturated carbocycles. The largest absolute Gasteiger partial charge is 0.497 e. The monoisotopic (exact) mass is 220 g/mol. The summed E-state index contributed by atoms with van der Waals surface area (Å²) in [5, 5.41) is 2.81. The van der Waals surface area contributed by atoms with Crippen LogP contribution in [0.2, 0.25) is 0 Å². The summed E-state index contributed by atoms with van der Waals surface area (Å²) in [5.41, 5.74) is 0.783. The Morgan fingerprint density at radius 3 is 3.25 bits per heavy atom. The Balaban J connectivity index is 2.08.